The van der Waals surface area contributed by atoms with Gasteiger partial charge in [0.15, 0.2) is 22.6 Å². The molecule has 1 saturated heterocycles. The third-order valence-electron chi connectivity index (χ3n) is 6.81. The van der Waals surface area contributed by atoms with Crippen LogP contribution in [0, 0.1) is 0 Å². The van der Waals surface area contributed by atoms with E-state index in [1.54, 1.807) is 30.5 Å². The minimum absolute atomic E-state index is 0.273. The first-order valence-corrected chi connectivity index (χ1v) is 13.7. The molecular formula is C28H28N3O4S+. The van der Waals surface area contributed by atoms with Crippen molar-refractivity contribution in [1.29, 1.82) is 0 Å². The van der Waals surface area contributed by atoms with Crippen molar-refractivity contribution in [2.75, 3.05) is 44.3 Å². The lowest BCUT2D eigenvalue weighted by molar-refractivity contribution is -0.347. The Bertz CT molecular complexity index is 1490. The van der Waals surface area contributed by atoms with E-state index < -0.39 is 9.84 Å². The average Bonchev–Trinajstić information content (AvgIpc) is 2.93. The highest BCUT2D eigenvalue weighted by molar-refractivity contribution is 7.91. The molecule has 3 aromatic carbocycles. The van der Waals surface area contributed by atoms with Crippen molar-refractivity contribution in [3.8, 4) is 11.5 Å². The predicted molar refractivity (Wildman–Crippen MR) is 137 cm³/mol. The summed E-state index contributed by atoms with van der Waals surface area (Å²) in [4.78, 5) is 8.37. The number of aromatic amines is 1. The Labute approximate surface area is 210 Å². The summed E-state index contributed by atoms with van der Waals surface area (Å²) in [6, 6.07) is 22.9. The second-order valence-corrected chi connectivity index (χ2v) is 11.0. The van der Waals surface area contributed by atoms with Gasteiger partial charge in [0.1, 0.15) is 13.2 Å². The van der Waals surface area contributed by atoms with Crippen LogP contribution in [0.15, 0.2) is 88.8 Å². The number of sulfone groups is 1. The molecule has 0 saturated carbocycles. The summed E-state index contributed by atoms with van der Waals surface area (Å²) in [5, 5.41) is 0.813. The summed E-state index contributed by atoms with van der Waals surface area (Å²) < 4.78 is 39.3. The molecule has 184 valence electrons. The van der Waals surface area contributed by atoms with E-state index >= 15 is 0 Å². The van der Waals surface area contributed by atoms with Crippen molar-refractivity contribution in [2.24, 2.45) is 0 Å². The second kappa shape index (κ2) is 9.44. The molecular weight excluding hydrogens is 474 g/mol. The maximum atomic E-state index is 13.8. The van der Waals surface area contributed by atoms with Crippen molar-refractivity contribution in [3.63, 3.8) is 0 Å². The molecule has 2 aliphatic heterocycles. The molecule has 2 aliphatic rings. The molecule has 0 amide bonds. The van der Waals surface area contributed by atoms with Crippen LogP contribution in [-0.4, -0.2) is 52.7 Å². The average molecular weight is 503 g/mol. The molecule has 7 nitrogen and oxygen atoms in total. The normalized spacial score (nSPS) is 16.3. The Kier molecular flexibility index (Phi) is 5.99. The molecule has 6 rings (SSSR count). The van der Waals surface area contributed by atoms with Crippen LogP contribution < -0.4 is 19.4 Å². The first-order valence-electron chi connectivity index (χ1n) is 12.2. The molecule has 1 aromatic heterocycles. The van der Waals surface area contributed by atoms with E-state index in [9.17, 15) is 8.42 Å². The summed E-state index contributed by atoms with van der Waals surface area (Å²) in [5.41, 5.74) is 2.80. The number of anilines is 1. The van der Waals surface area contributed by atoms with E-state index in [-0.39, 0.29) is 9.79 Å². The number of nitrogens with one attached hydrogen (secondary N) is 1. The van der Waals surface area contributed by atoms with E-state index in [1.165, 1.54) is 5.56 Å². The summed E-state index contributed by atoms with van der Waals surface area (Å²) >= 11 is 0. The highest BCUT2D eigenvalue weighted by Gasteiger charge is 2.32. The number of pyridine rings is 1. The number of fused-ring (bicyclic) bond motifs is 2. The highest BCUT2D eigenvalue weighted by atomic mass is 32.2. The lowest BCUT2D eigenvalue weighted by Gasteiger charge is -2.37. The Morgan fingerprint density at radius 2 is 1.44 bits per heavy atom. The number of benzene rings is 3. The third kappa shape index (κ3) is 4.27. The molecule has 0 radical (unpaired) electrons. The molecule has 3 heterocycles. The molecule has 0 atom stereocenters. The largest absolute Gasteiger partial charge is 0.486 e. The van der Waals surface area contributed by atoms with Crippen LogP contribution in [0.25, 0.3) is 10.9 Å². The van der Waals surface area contributed by atoms with Crippen molar-refractivity contribution in [3.05, 3.63) is 84.6 Å². The van der Waals surface area contributed by atoms with Crippen molar-refractivity contribution >= 4 is 26.4 Å². The van der Waals surface area contributed by atoms with Crippen molar-refractivity contribution in [2.45, 2.75) is 16.3 Å². The van der Waals surface area contributed by atoms with Crippen LogP contribution in [0.3, 0.4) is 0 Å². The Hall–Kier alpha value is -3.62. The SMILES string of the molecule is O=S(=O)(c1ccccc1)c1c[nH+]c2cc3c(cc2c1N1CCN(Cc2ccccc2)CC1)OCCO3. The fourth-order valence-electron chi connectivity index (χ4n) is 4.98. The molecule has 4 aromatic rings. The number of hydrogen-bond donors (Lipinski definition) is 0. The van der Waals surface area contributed by atoms with E-state index in [1.807, 2.05) is 24.3 Å². The topological polar surface area (TPSA) is 73.2 Å². The van der Waals surface area contributed by atoms with Gasteiger partial charge in [0.2, 0.25) is 15.4 Å². The van der Waals surface area contributed by atoms with Crippen LogP contribution in [0.5, 0.6) is 11.5 Å². The maximum Gasteiger partial charge on any atom is 0.217 e. The fraction of sp³-hybridized carbons (Fsp3) is 0.250. The molecule has 0 spiro atoms. The Morgan fingerprint density at radius 1 is 0.806 bits per heavy atom. The van der Waals surface area contributed by atoms with Gasteiger partial charge >= 0.3 is 0 Å². The molecule has 1 fully saturated rings. The number of piperazine rings is 1. The Morgan fingerprint density at radius 3 is 2.14 bits per heavy atom. The smallest absolute Gasteiger partial charge is 0.217 e. The van der Waals surface area contributed by atoms with Gasteiger partial charge in [0, 0.05) is 38.8 Å². The zero-order valence-corrected chi connectivity index (χ0v) is 20.7. The van der Waals surface area contributed by atoms with Gasteiger partial charge < -0.3 is 14.4 Å². The molecule has 8 heteroatoms. The van der Waals surface area contributed by atoms with Gasteiger partial charge in [-0.05, 0) is 17.7 Å². The predicted octanol–water partition coefficient (Wildman–Crippen LogP) is 3.58. The zero-order valence-electron chi connectivity index (χ0n) is 19.9. The van der Waals surface area contributed by atoms with E-state index in [2.05, 4.69) is 39.0 Å². The second-order valence-electron chi connectivity index (χ2n) is 9.11. The number of ether oxygens (including phenoxy) is 2. The van der Waals surface area contributed by atoms with Gasteiger partial charge in [0.05, 0.1) is 22.0 Å². The van der Waals surface area contributed by atoms with E-state index in [4.69, 9.17) is 9.47 Å². The number of rotatable bonds is 5. The number of aromatic nitrogens is 1. The third-order valence-corrected chi connectivity index (χ3v) is 8.59. The van der Waals surface area contributed by atoms with Gasteiger partial charge in [-0.1, -0.05) is 48.5 Å². The fourth-order valence-corrected chi connectivity index (χ4v) is 6.45. The van der Waals surface area contributed by atoms with E-state index in [0.29, 0.717) is 30.4 Å². The van der Waals surface area contributed by atoms with Crippen LogP contribution in [0.4, 0.5) is 5.69 Å². The lowest BCUT2D eigenvalue weighted by Crippen LogP contribution is -2.46. The molecule has 0 bridgehead atoms. The molecule has 0 aliphatic carbocycles. The van der Waals surface area contributed by atoms with Gasteiger partial charge in [0.25, 0.3) is 0 Å². The molecule has 1 N–H and O–H groups in total. The quantitative estimate of drug-likeness (QED) is 0.415. The standard InChI is InChI=1S/C28H27N3O4S/c32-36(33,22-9-5-2-6-10-22)27-19-29-24-18-26-25(34-15-16-35-26)17-23(24)28(27)31-13-11-30(12-14-31)20-21-7-3-1-4-8-21/h1-10,17-19H,11-16,20H2/p+1. The van der Waals surface area contributed by atoms with Crippen molar-refractivity contribution < 1.29 is 22.9 Å². The van der Waals surface area contributed by atoms with Gasteiger partial charge in [-0.25, -0.2) is 13.4 Å². The van der Waals surface area contributed by atoms with Gasteiger partial charge in [-0.15, -0.1) is 0 Å². The maximum absolute atomic E-state index is 13.8. The lowest BCUT2D eigenvalue weighted by atomic mass is 10.1. The number of nitrogens with zero attached hydrogens (tertiary/aromatic N) is 2. The minimum atomic E-state index is -3.75. The van der Waals surface area contributed by atoms with Crippen LogP contribution in [-0.2, 0) is 16.4 Å². The zero-order chi connectivity index (χ0) is 24.5. The van der Waals surface area contributed by atoms with Crippen LogP contribution in [0.1, 0.15) is 5.56 Å². The van der Waals surface area contributed by atoms with Crippen LogP contribution >= 0.6 is 0 Å². The van der Waals surface area contributed by atoms with Crippen LogP contribution in [0.2, 0.25) is 0 Å². The first-order chi connectivity index (χ1) is 17.6. The number of hydrogen-bond acceptors (Lipinski definition) is 6. The monoisotopic (exact) mass is 502 g/mol. The highest BCUT2D eigenvalue weighted by Crippen LogP contribution is 2.40. The molecule has 36 heavy (non-hydrogen) atoms. The summed E-state index contributed by atoms with van der Waals surface area (Å²) in [5.74, 6) is 1.31. The minimum Gasteiger partial charge on any atom is -0.486 e. The summed E-state index contributed by atoms with van der Waals surface area (Å²) in [7, 11) is -3.75. The van der Waals surface area contributed by atoms with E-state index in [0.717, 1.165) is 43.6 Å². The first kappa shape index (κ1) is 22.8. The molecule has 0 unspecified atom stereocenters. The Balaban J connectivity index is 1.41. The van der Waals surface area contributed by atoms with Gasteiger partial charge in [-0.3, -0.25) is 4.90 Å². The number of H-pyrrole nitrogens is 1. The summed E-state index contributed by atoms with van der Waals surface area (Å²) in [6.45, 7) is 4.96. The summed E-state index contributed by atoms with van der Waals surface area (Å²) in [6.07, 6.45) is 1.62. The van der Waals surface area contributed by atoms with Gasteiger partial charge in [-0.2, -0.15) is 0 Å². The van der Waals surface area contributed by atoms with Crippen molar-refractivity contribution in [1.82, 2.24) is 4.90 Å².